The van der Waals surface area contributed by atoms with E-state index in [1.807, 2.05) is 0 Å². The molecule has 0 aromatic rings. The Labute approximate surface area is 98.3 Å². The predicted molar refractivity (Wildman–Crippen MR) is 65.0 cm³/mol. The first-order valence-electron chi connectivity index (χ1n) is 6.11. The molecule has 0 bridgehead atoms. The minimum Gasteiger partial charge on any atom is -0.348 e. The third-order valence-corrected chi connectivity index (χ3v) is 4.28. The van der Waals surface area contributed by atoms with Gasteiger partial charge >= 0.3 is 0 Å². The molecule has 1 heterocycles. The molecule has 0 radical (unpaired) electrons. The molecule has 1 saturated heterocycles. The number of hydrogen-bond acceptors (Lipinski definition) is 2. The van der Waals surface area contributed by atoms with E-state index in [4.69, 9.17) is 9.47 Å². The molecule has 0 N–H and O–H groups in total. The van der Waals surface area contributed by atoms with Crippen molar-refractivity contribution in [1.29, 1.82) is 0 Å². The summed E-state index contributed by atoms with van der Waals surface area (Å²) in [5.41, 5.74) is 1.66. The van der Waals surface area contributed by atoms with Crippen molar-refractivity contribution in [3.8, 4) is 0 Å². The van der Waals surface area contributed by atoms with Crippen molar-refractivity contribution in [3.63, 3.8) is 0 Å². The van der Waals surface area contributed by atoms with Crippen LogP contribution in [0.5, 0.6) is 0 Å². The van der Waals surface area contributed by atoms with Gasteiger partial charge in [-0.05, 0) is 31.3 Å². The van der Waals surface area contributed by atoms with Crippen LogP contribution in [0.3, 0.4) is 0 Å². The highest BCUT2D eigenvalue weighted by Gasteiger charge is 2.46. The average Bonchev–Trinajstić information content (AvgIpc) is 2.27. The van der Waals surface area contributed by atoms with Crippen molar-refractivity contribution in [1.82, 2.24) is 0 Å². The molecule has 90 valence electrons. The molecule has 1 aliphatic heterocycles. The minimum atomic E-state index is -0.211. The normalized spacial score (nSPS) is 44.2. The van der Waals surface area contributed by atoms with Crippen LogP contribution in [0.25, 0.3) is 0 Å². The van der Waals surface area contributed by atoms with Crippen LogP contribution in [-0.2, 0) is 9.47 Å². The van der Waals surface area contributed by atoms with Gasteiger partial charge in [-0.25, -0.2) is 0 Å². The lowest BCUT2D eigenvalue weighted by molar-refractivity contribution is -0.229. The first kappa shape index (κ1) is 11.9. The minimum absolute atomic E-state index is 0.166. The summed E-state index contributed by atoms with van der Waals surface area (Å²) < 4.78 is 11.5. The van der Waals surface area contributed by atoms with Gasteiger partial charge in [0.2, 0.25) is 0 Å². The van der Waals surface area contributed by atoms with Gasteiger partial charge in [0.05, 0.1) is 13.2 Å². The second kappa shape index (κ2) is 4.34. The smallest absolute Gasteiger partial charge is 0.176 e. The van der Waals surface area contributed by atoms with Crippen molar-refractivity contribution in [2.24, 2.45) is 17.3 Å². The quantitative estimate of drug-likeness (QED) is 0.634. The van der Waals surface area contributed by atoms with Gasteiger partial charge in [0.25, 0.3) is 0 Å². The Kier molecular flexibility index (Phi) is 3.22. The molecule has 2 heteroatoms. The predicted octanol–water partition coefficient (Wildman–Crippen LogP) is 3.15. The molecular weight excluding hydrogens is 200 g/mol. The molecule has 2 nitrogen and oxygen atoms in total. The van der Waals surface area contributed by atoms with E-state index in [1.54, 1.807) is 6.08 Å². The molecule has 1 fully saturated rings. The Morgan fingerprint density at radius 2 is 2.00 bits per heavy atom. The van der Waals surface area contributed by atoms with E-state index in [1.165, 1.54) is 5.57 Å². The van der Waals surface area contributed by atoms with Crippen LogP contribution in [-0.4, -0.2) is 19.5 Å². The number of allylic oxidation sites excluding steroid dienone is 2. The first-order chi connectivity index (χ1) is 7.58. The molecule has 1 aliphatic carbocycles. The maximum absolute atomic E-state index is 5.73. The van der Waals surface area contributed by atoms with Gasteiger partial charge in [0.1, 0.15) is 0 Å². The highest BCUT2D eigenvalue weighted by Crippen LogP contribution is 2.46. The van der Waals surface area contributed by atoms with Gasteiger partial charge in [0.15, 0.2) is 6.29 Å². The zero-order valence-electron chi connectivity index (χ0n) is 10.5. The van der Waals surface area contributed by atoms with Gasteiger partial charge in [-0.1, -0.05) is 32.1 Å². The summed E-state index contributed by atoms with van der Waals surface area (Å²) in [6.45, 7) is 12.1. The Bertz CT molecular complexity index is 298. The van der Waals surface area contributed by atoms with Gasteiger partial charge in [-0.3, -0.25) is 0 Å². The van der Waals surface area contributed by atoms with E-state index in [2.05, 4.69) is 33.4 Å². The second-order valence-electron chi connectivity index (χ2n) is 5.37. The monoisotopic (exact) mass is 222 g/mol. The lowest BCUT2D eigenvalue weighted by atomic mass is 9.63. The largest absolute Gasteiger partial charge is 0.348 e. The molecule has 1 spiro atoms. The van der Waals surface area contributed by atoms with Crippen LogP contribution >= 0.6 is 0 Å². The highest BCUT2D eigenvalue weighted by molar-refractivity contribution is 5.13. The molecule has 16 heavy (non-hydrogen) atoms. The molecular formula is C14H22O2. The summed E-state index contributed by atoms with van der Waals surface area (Å²) in [4.78, 5) is 0. The molecule has 2 unspecified atom stereocenters. The summed E-state index contributed by atoms with van der Waals surface area (Å²) >= 11 is 0. The van der Waals surface area contributed by atoms with Gasteiger partial charge in [0, 0.05) is 5.41 Å². The van der Waals surface area contributed by atoms with Crippen LogP contribution in [0.4, 0.5) is 0 Å². The third kappa shape index (κ3) is 1.85. The van der Waals surface area contributed by atoms with Crippen molar-refractivity contribution in [3.05, 3.63) is 24.3 Å². The molecule has 0 aromatic heterocycles. The van der Waals surface area contributed by atoms with Crippen molar-refractivity contribution >= 4 is 0 Å². The fraction of sp³-hybridized carbons (Fsp3) is 0.714. The molecule has 2 aliphatic rings. The summed E-state index contributed by atoms with van der Waals surface area (Å²) in [5.74, 6) is 1.15. The summed E-state index contributed by atoms with van der Waals surface area (Å²) in [6.07, 6.45) is 5.06. The molecule has 0 saturated carbocycles. The Morgan fingerprint density at radius 3 is 2.50 bits per heavy atom. The summed E-state index contributed by atoms with van der Waals surface area (Å²) in [6, 6.07) is 0. The van der Waals surface area contributed by atoms with E-state index in [9.17, 15) is 0 Å². The highest BCUT2D eigenvalue weighted by atomic mass is 16.7. The van der Waals surface area contributed by atoms with Gasteiger partial charge < -0.3 is 9.47 Å². The van der Waals surface area contributed by atoms with Crippen LogP contribution in [0.2, 0.25) is 0 Å². The Hall–Kier alpha value is -0.600. The zero-order valence-corrected chi connectivity index (χ0v) is 10.5. The van der Waals surface area contributed by atoms with E-state index in [0.29, 0.717) is 11.8 Å². The second-order valence-corrected chi connectivity index (χ2v) is 5.37. The van der Waals surface area contributed by atoms with Gasteiger partial charge in [-0.2, -0.15) is 0 Å². The lowest BCUT2D eigenvalue weighted by Crippen LogP contribution is -2.50. The molecule has 2 atom stereocenters. The number of rotatable bonds is 1. The lowest BCUT2D eigenvalue weighted by Gasteiger charge is -2.49. The van der Waals surface area contributed by atoms with E-state index in [-0.39, 0.29) is 11.7 Å². The van der Waals surface area contributed by atoms with E-state index >= 15 is 0 Å². The van der Waals surface area contributed by atoms with Crippen LogP contribution in [0.15, 0.2) is 24.3 Å². The van der Waals surface area contributed by atoms with Crippen molar-refractivity contribution in [2.45, 2.75) is 33.5 Å². The van der Waals surface area contributed by atoms with Gasteiger partial charge in [-0.15, -0.1) is 0 Å². The maximum atomic E-state index is 5.73. The van der Waals surface area contributed by atoms with Crippen molar-refractivity contribution < 1.29 is 9.47 Å². The van der Waals surface area contributed by atoms with Crippen LogP contribution in [0.1, 0.15) is 27.2 Å². The summed E-state index contributed by atoms with van der Waals surface area (Å²) in [7, 11) is 0. The van der Waals surface area contributed by atoms with Crippen LogP contribution < -0.4 is 0 Å². The average molecular weight is 222 g/mol. The molecule has 0 aromatic carbocycles. The van der Waals surface area contributed by atoms with E-state index in [0.717, 1.165) is 19.6 Å². The SMILES string of the molecule is C=CC1OCC2(CO1)C(C)C=C(C)CC2C. The Balaban J connectivity index is 2.16. The zero-order chi connectivity index (χ0) is 11.8. The topological polar surface area (TPSA) is 18.5 Å². The standard InChI is InChI=1S/C14H22O2/c1-5-13-15-8-14(9-16-13)11(3)6-10(2)7-12(14)4/h5-6,11-13H,1,7-9H2,2-4H3. The van der Waals surface area contributed by atoms with Crippen molar-refractivity contribution in [2.75, 3.05) is 13.2 Å². The maximum Gasteiger partial charge on any atom is 0.176 e. The fourth-order valence-corrected chi connectivity index (χ4v) is 3.04. The fourth-order valence-electron chi connectivity index (χ4n) is 3.04. The molecule has 2 rings (SSSR count). The third-order valence-electron chi connectivity index (χ3n) is 4.28. The van der Waals surface area contributed by atoms with E-state index < -0.39 is 0 Å². The first-order valence-corrected chi connectivity index (χ1v) is 6.11. The summed E-state index contributed by atoms with van der Waals surface area (Å²) in [5, 5.41) is 0. The van der Waals surface area contributed by atoms with Crippen LogP contribution in [0, 0.1) is 17.3 Å². The number of ether oxygens (including phenoxy) is 2. The molecule has 0 amide bonds. The Morgan fingerprint density at radius 1 is 1.38 bits per heavy atom. The number of hydrogen-bond donors (Lipinski definition) is 0.